The Labute approximate surface area is 218 Å². The number of anilines is 1. The van der Waals surface area contributed by atoms with E-state index in [4.69, 9.17) is 10.7 Å². The molecule has 1 amide bonds. The molecule has 0 aliphatic carbocycles. The van der Waals surface area contributed by atoms with Crippen LogP contribution in [0.3, 0.4) is 0 Å². The van der Waals surface area contributed by atoms with Crippen molar-refractivity contribution < 1.29 is 13.2 Å². The highest BCUT2D eigenvalue weighted by atomic mass is 32.2. The van der Waals surface area contributed by atoms with E-state index in [1.165, 1.54) is 4.52 Å². The molecular weight excluding hydrogens is 510 g/mol. The molecular formula is C25H27N7O3S2. The fraction of sp³-hybridized carbons (Fsp3) is 0.400. The van der Waals surface area contributed by atoms with Crippen LogP contribution in [0.25, 0.3) is 27.5 Å². The zero-order valence-electron chi connectivity index (χ0n) is 20.7. The molecule has 2 unspecified atom stereocenters. The third-order valence-corrected chi connectivity index (χ3v) is 9.53. The average molecular weight is 538 g/mol. The number of amides is 1. The van der Waals surface area contributed by atoms with E-state index in [0.717, 1.165) is 40.2 Å². The lowest BCUT2D eigenvalue weighted by atomic mass is 9.87. The average Bonchev–Trinajstić information content (AvgIpc) is 3.54. The van der Waals surface area contributed by atoms with Gasteiger partial charge in [0, 0.05) is 59.6 Å². The number of sulfone groups is 1. The van der Waals surface area contributed by atoms with Crippen LogP contribution in [0.4, 0.5) is 5.82 Å². The second kappa shape index (κ2) is 8.59. The van der Waals surface area contributed by atoms with E-state index < -0.39 is 9.84 Å². The summed E-state index contributed by atoms with van der Waals surface area (Å²) in [5.41, 5.74) is 9.70. The molecule has 10 nitrogen and oxygen atoms in total. The Bertz CT molecular complexity index is 1630. The van der Waals surface area contributed by atoms with Crippen LogP contribution < -0.4 is 5.73 Å². The van der Waals surface area contributed by atoms with Crippen molar-refractivity contribution in [3.63, 3.8) is 0 Å². The van der Waals surface area contributed by atoms with Crippen LogP contribution in [0.5, 0.6) is 0 Å². The molecule has 2 atom stereocenters. The minimum atomic E-state index is -3.69. The summed E-state index contributed by atoms with van der Waals surface area (Å²) in [5, 5.41) is 5.24. The summed E-state index contributed by atoms with van der Waals surface area (Å²) in [4.78, 5) is 29.2. The van der Waals surface area contributed by atoms with E-state index in [-0.39, 0.29) is 34.6 Å². The van der Waals surface area contributed by atoms with Crippen molar-refractivity contribution in [1.82, 2.24) is 29.5 Å². The maximum absolute atomic E-state index is 12.9. The van der Waals surface area contributed by atoms with Crippen LogP contribution in [0.1, 0.15) is 49.1 Å². The molecule has 2 aliphatic rings. The maximum atomic E-state index is 12.9. The number of fused-ring (bicyclic) bond motifs is 3. The first-order valence-corrected chi connectivity index (χ1v) is 14.9. The van der Waals surface area contributed by atoms with E-state index in [0.29, 0.717) is 29.7 Å². The number of pyridine rings is 1. The number of carbonyl (C=O) groups excluding carboxylic acids is 1. The topological polar surface area (TPSA) is 136 Å². The normalized spacial score (nSPS) is 21.6. The molecule has 4 aromatic heterocycles. The van der Waals surface area contributed by atoms with E-state index >= 15 is 0 Å². The third-order valence-electron chi connectivity index (χ3n) is 7.43. The fourth-order valence-corrected chi connectivity index (χ4v) is 7.75. The number of aryl methyl sites for hydroxylation is 1. The minimum absolute atomic E-state index is 0.0305. The van der Waals surface area contributed by atoms with Crippen molar-refractivity contribution in [2.24, 2.45) is 0 Å². The van der Waals surface area contributed by atoms with Crippen molar-refractivity contribution in [3.8, 4) is 21.8 Å². The third kappa shape index (κ3) is 3.98. The predicted molar refractivity (Wildman–Crippen MR) is 141 cm³/mol. The summed E-state index contributed by atoms with van der Waals surface area (Å²) in [5.74, 6) is -0.00130. The zero-order chi connectivity index (χ0) is 26.1. The van der Waals surface area contributed by atoms with Gasteiger partial charge in [-0.3, -0.25) is 9.78 Å². The van der Waals surface area contributed by atoms with E-state index in [2.05, 4.69) is 15.1 Å². The van der Waals surface area contributed by atoms with Crippen molar-refractivity contribution in [2.75, 3.05) is 12.0 Å². The quantitative estimate of drug-likeness (QED) is 0.418. The molecule has 0 spiro atoms. The number of piperidine rings is 1. The zero-order valence-corrected chi connectivity index (χ0v) is 22.4. The van der Waals surface area contributed by atoms with Crippen molar-refractivity contribution >= 4 is 38.5 Å². The molecule has 37 heavy (non-hydrogen) atoms. The maximum Gasteiger partial charge on any atom is 0.219 e. The first kappa shape index (κ1) is 24.0. The first-order valence-electron chi connectivity index (χ1n) is 12.2. The predicted octanol–water partition coefficient (Wildman–Crippen LogP) is 3.47. The van der Waals surface area contributed by atoms with E-state index in [1.54, 1.807) is 30.7 Å². The number of thiazole rings is 1. The number of nitrogen functional groups attached to an aromatic ring is 1. The summed E-state index contributed by atoms with van der Waals surface area (Å²) in [6, 6.07) is 4.01. The highest BCUT2D eigenvalue weighted by Gasteiger charge is 2.44. The monoisotopic (exact) mass is 537 g/mol. The largest absolute Gasteiger partial charge is 0.382 e. The van der Waals surface area contributed by atoms with Gasteiger partial charge in [0.15, 0.2) is 15.5 Å². The molecule has 2 aliphatic heterocycles. The number of aromatic nitrogens is 5. The number of nitrogens with two attached hydrogens (primary N) is 1. The first-order chi connectivity index (χ1) is 17.6. The van der Waals surface area contributed by atoms with Crippen LogP contribution in [0.2, 0.25) is 0 Å². The summed E-state index contributed by atoms with van der Waals surface area (Å²) in [6.07, 6.45) is 9.52. The molecule has 12 heteroatoms. The van der Waals surface area contributed by atoms with Crippen LogP contribution in [-0.4, -0.2) is 62.1 Å². The van der Waals surface area contributed by atoms with Gasteiger partial charge in [-0.25, -0.2) is 18.4 Å². The number of hydrogen-bond donors (Lipinski definition) is 1. The van der Waals surface area contributed by atoms with Gasteiger partial charge in [-0.15, -0.1) is 11.3 Å². The Morgan fingerprint density at radius 2 is 1.84 bits per heavy atom. The van der Waals surface area contributed by atoms with Crippen LogP contribution in [0, 0.1) is 6.92 Å². The molecule has 2 bridgehead atoms. The van der Waals surface area contributed by atoms with Gasteiger partial charge in [0.05, 0.1) is 17.6 Å². The van der Waals surface area contributed by atoms with Gasteiger partial charge >= 0.3 is 0 Å². The molecule has 6 heterocycles. The van der Waals surface area contributed by atoms with Gasteiger partial charge < -0.3 is 10.6 Å². The lowest BCUT2D eigenvalue weighted by Gasteiger charge is -2.38. The number of hydrogen-bond acceptors (Lipinski definition) is 9. The number of carbonyl (C=O) groups is 1. The SMILES string of the molecule is CC(=O)N1C2CCC1CC(c1nc3c(-c4ccc(-c5ncc(C)s5)nc4)cnn3c(N)c1S(C)(=O)=O)C2. The smallest absolute Gasteiger partial charge is 0.219 e. The summed E-state index contributed by atoms with van der Waals surface area (Å²) in [6.45, 7) is 3.60. The van der Waals surface area contributed by atoms with Crippen molar-refractivity contribution in [3.05, 3.63) is 41.3 Å². The fourth-order valence-electron chi connectivity index (χ4n) is 5.95. The molecule has 0 saturated carbocycles. The van der Waals surface area contributed by atoms with Gasteiger partial charge in [-0.1, -0.05) is 6.07 Å². The van der Waals surface area contributed by atoms with E-state index in [9.17, 15) is 13.2 Å². The summed E-state index contributed by atoms with van der Waals surface area (Å²) in [7, 11) is -3.69. The van der Waals surface area contributed by atoms with Gasteiger partial charge in [-0.2, -0.15) is 9.61 Å². The lowest BCUT2D eigenvalue weighted by Crippen LogP contribution is -2.45. The summed E-state index contributed by atoms with van der Waals surface area (Å²) < 4.78 is 27.2. The highest BCUT2D eigenvalue weighted by Crippen LogP contribution is 2.45. The number of rotatable bonds is 4. The number of nitrogens with zero attached hydrogens (tertiary/aromatic N) is 6. The second-order valence-corrected chi connectivity index (χ2v) is 13.2. The van der Waals surface area contributed by atoms with E-state index in [1.807, 2.05) is 30.2 Å². The van der Waals surface area contributed by atoms with Crippen LogP contribution in [-0.2, 0) is 14.6 Å². The molecule has 4 aromatic rings. The molecule has 0 aromatic carbocycles. The molecule has 2 fully saturated rings. The molecule has 2 saturated heterocycles. The molecule has 6 rings (SSSR count). The van der Waals surface area contributed by atoms with Gasteiger partial charge in [0.25, 0.3) is 0 Å². The van der Waals surface area contributed by atoms with Crippen LogP contribution >= 0.6 is 11.3 Å². The highest BCUT2D eigenvalue weighted by molar-refractivity contribution is 7.91. The Morgan fingerprint density at radius 1 is 1.11 bits per heavy atom. The van der Waals surface area contributed by atoms with Crippen molar-refractivity contribution in [1.29, 1.82) is 0 Å². The standard InChI is InChI=1S/C25H27N7O3S2/c1-13-10-28-25(36-13)20-7-4-15(11-27-20)19-12-29-32-23(26)22(37(3,34)35)21(30-24(19)32)16-8-17-5-6-18(9-16)31(17)14(2)33/h4,7,10-12,16-18H,5-6,8-9,26H2,1-3H3. The van der Waals surface area contributed by atoms with Gasteiger partial charge in [0.2, 0.25) is 5.91 Å². The Kier molecular flexibility index (Phi) is 5.57. The lowest BCUT2D eigenvalue weighted by molar-refractivity contribution is -0.133. The molecule has 0 radical (unpaired) electrons. The molecule has 2 N–H and O–H groups in total. The summed E-state index contributed by atoms with van der Waals surface area (Å²) >= 11 is 1.58. The Balaban J connectivity index is 1.45. The van der Waals surface area contributed by atoms with Crippen molar-refractivity contribution in [2.45, 2.75) is 62.4 Å². The Hall–Kier alpha value is -3.38. The Morgan fingerprint density at radius 3 is 2.41 bits per heavy atom. The molecule has 192 valence electrons. The van der Waals surface area contributed by atoms with Gasteiger partial charge in [-0.05, 0) is 38.7 Å². The van der Waals surface area contributed by atoms with Gasteiger partial charge in [0.1, 0.15) is 15.7 Å². The van der Waals surface area contributed by atoms with Crippen LogP contribution in [0.15, 0.2) is 35.6 Å². The second-order valence-electron chi connectivity index (χ2n) is 9.97. The minimum Gasteiger partial charge on any atom is -0.382 e.